The van der Waals surface area contributed by atoms with Gasteiger partial charge in [-0.15, -0.1) is 0 Å². The number of benzene rings is 3. The van der Waals surface area contributed by atoms with Crippen LogP contribution in [0.15, 0.2) is 72.8 Å². The average Bonchev–Trinajstić information content (AvgIpc) is 2.89. The van der Waals surface area contributed by atoms with Crippen molar-refractivity contribution in [1.29, 1.82) is 0 Å². The summed E-state index contributed by atoms with van der Waals surface area (Å²) in [4.78, 5) is 70.9. The fourth-order valence-corrected chi connectivity index (χ4v) is 2.52. The second-order valence-corrected chi connectivity index (χ2v) is 6.76. The number of carbonyl (C=O) groups is 7. The van der Waals surface area contributed by atoms with Crippen molar-refractivity contribution < 1.29 is 64.2 Å². The fourth-order valence-electron chi connectivity index (χ4n) is 2.52. The van der Waals surface area contributed by atoms with Crippen molar-refractivity contribution in [3.8, 4) is 0 Å². The number of primary amides is 2. The summed E-state index contributed by atoms with van der Waals surface area (Å²) in [6.45, 7) is 0. The SMILES string of the molecule is NC(N)=O.O=C([O-])c1ccccc1C(=O)[O-].O=C([O-])c1ccccc1C(=O)[O-].O=C([O-])c1ccccc1C(=O)[O-].[Bi+3].[Bi+3]. The number of nitrogens with two attached hydrogens (primary N) is 2. The first kappa shape index (κ1) is 42.0. The van der Waals surface area contributed by atoms with E-state index in [1.165, 1.54) is 36.4 Å². The number of rotatable bonds is 6. The number of hydrogen-bond donors (Lipinski definition) is 2. The molecule has 0 bridgehead atoms. The molecule has 0 saturated heterocycles. The van der Waals surface area contributed by atoms with Gasteiger partial charge >= 0.3 is 58.4 Å². The molecule has 0 saturated carbocycles. The molecule has 0 heterocycles. The van der Waals surface area contributed by atoms with Crippen molar-refractivity contribution in [1.82, 2.24) is 0 Å². The van der Waals surface area contributed by atoms with Gasteiger partial charge in [0.2, 0.25) is 0 Å². The van der Waals surface area contributed by atoms with Crippen LogP contribution in [0.4, 0.5) is 4.79 Å². The van der Waals surface area contributed by atoms with Crippen molar-refractivity contribution in [3.05, 3.63) is 106 Å². The largest absolute Gasteiger partial charge is 3.00 e. The van der Waals surface area contributed by atoms with Gasteiger partial charge in [-0.1, -0.05) is 72.8 Å². The van der Waals surface area contributed by atoms with Gasteiger partial charge in [-0.2, -0.15) is 0 Å². The molecule has 42 heavy (non-hydrogen) atoms. The minimum absolute atomic E-state index is 0. The Balaban J connectivity index is -0.000000499. The minimum Gasteiger partial charge on any atom is -0.545 e. The summed E-state index contributed by atoms with van der Waals surface area (Å²) in [7, 11) is 0. The average molecular weight is 970 g/mol. The summed E-state index contributed by atoms with van der Waals surface area (Å²) in [5.41, 5.74) is 6.32. The van der Waals surface area contributed by atoms with E-state index in [0.717, 1.165) is 36.4 Å². The van der Waals surface area contributed by atoms with Crippen LogP contribution in [0.5, 0.6) is 0 Å². The normalized spacial score (nSPS) is 8.57. The Morgan fingerprint density at radius 3 is 0.524 bits per heavy atom. The first-order valence-electron chi connectivity index (χ1n) is 10.2. The summed E-state index contributed by atoms with van der Waals surface area (Å²) in [6.07, 6.45) is 0. The van der Waals surface area contributed by atoms with Crippen LogP contribution in [0.1, 0.15) is 62.1 Å². The summed E-state index contributed by atoms with van der Waals surface area (Å²) < 4.78 is 0. The zero-order chi connectivity index (χ0) is 31.0. The molecule has 0 aliphatic heterocycles. The molecule has 0 aliphatic carbocycles. The Hall–Kier alpha value is -4.48. The zero-order valence-corrected chi connectivity index (χ0v) is 27.7. The van der Waals surface area contributed by atoms with E-state index in [0.29, 0.717) is 0 Å². The van der Waals surface area contributed by atoms with Gasteiger partial charge < -0.3 is 70.9 Å². The molecule has 4 radical (unpaired) electrons. The predicted octanol–water partition coefficient (Wildman–Crippen LogP) is -6.50. The smallest absolute Gasteiger partial charge is 0.545 e. The number of carboxylic acid groups (broad SMARTS) is 6. The van der Waals surface area contributed by atoms with E-state index in [2.05, 4.69) is 11.5 Å². The molecular formula is C25H16Bi2N2O13. The van der Waals surface area contributed by atoms with E-state index < -0.39 is 41.8 Å². The molecule has 214 valence electrons. The van der Waals surface area contributed by atoms with Crippen LogP contribution in [0.25, 0.3) is 0 Å². The van der Waals surface area contributed by atoms with E-state index >= 15 is 0 Å². The number of aromatic carboxylic acids is 6. The summed E-state index contributed by atoms with van der Waals surface area (Å²) in [5.74, 6) is -9.11. The van der Waals surface area contributed by atoms with E-state index in [1.54, 1.807) is 0 Å². The Bertz CT molecular complexity index is 1170. The van der Waals surface area contributed by atoms with Crippen LogP contribution in [0, 0.1) is 0 Å². The third-order valence-corrected chi connectivity index (χ3v) is 4.10. The predicted molar refractivity (Wildman–Crippen MR) is 131 cm³/mol. The van der Waals surface area contributed by atoms with Crippen molar-refractivity contribution >= 4 is 94.3 Å². The second-order valence-electron chi connectivity index (χ2n) is 6.76. The maximum absolute atomic E-state index is 10.3. The van der Waals surface area contributed by atoms with E-state index in [-0.39, 0.29) is 85.8 Å². The maximum atomic E-state index is 10.3. The molecule has 4 N–H and O–H groups in total. The Morgan fingerprint density at radius 2 is 0.452 bits per heavy atom. The van der Waals surface area contributed by atoms with Crippen LogP contribution >= 0.6 is 0 Å². The second kappa shape index (κ2) is 21.3. The third kappa shape index (κ3) is 15.3. The molecule has 3 rings (SSSR count). The molecule has 0 fully saturated rings. The van der Waals surface area contributed by atoms with Crippen molar-refractivity contribution in [3.63, 3.8) is 0 Å². The molecule has 0 unspecified atom stereocenters. The van der Waals surface area contributed by atoms with Gasteiger partial charge in [0.15, 0.2) is 0 Å². The van der Waals surface area contributed by atoms with Gasteiger partial charge in [-0.25, -0.2) is 4.79 Å². The van der Waals surface area contributed by atoms with Gasteiger partial charge in [0.25, 0.3) is 0 Å². The molecule has 15 nitrogen and oxygen atoms in total. The Labute approximate surface area is 274 Å². The zero-order valence-electron chi connectivity index (χ0n) is 20.8. The molecule has 0 aliphatic rings. The van der Waals surface area contributed by atoms with Crippen molar-refractivity contribution in [2.45, 2.75) is 0 Å². The van der Waals surface area contributed by atoms with Gasteiger partial charge in [0.05, 0.1) is 35.8 Å². The monoisotopic (exact) mass is 970 g/mol. The van der Waals surface area contributed by atoms with Crippen LogP contribution in [-0.4, -0.2) is 94.3 Å². The van der Waals surface area contributed by atoms with Crippen molar-refractivity contribution in [2.24, 2.45) is 11.5 Å². The minimum atomic E-state index is -1.52. The molecule has 17 heteroatoms. The van der Waals surface area contributed by atoms with Crippen LogP contribution in [0.2, 0.25) is 0 Å². The topological polar surface area (TPSA) is 310 Å². The number of amides is 2. The molecule has 0 aromatic heterocycles. The first-order valence-corrected chi connectivity index (χ1v) is 10.2. The Kier molecular flexibility index (Phi) is 21.3. The van der Waals surface area contributed by atoms with Gasteiger partial charge in [-0.05, 0) is 0 Å². The van der Waals surface area contributed by atoms with E-state index in [1.807, 2.05) is 0 Å². The maximum Gasteiger partial charge on any atom is 3.00 e. The molecule has 2 amide bonds. The quantitative estimate of drug-likeness (QED) is 0.218. The number of urea groups is 1. The summed E-state index contributed by atoms with van der Waals surface area (Å²) >= 11 is 0. The van der Waals surface area contributed by atoms with Crippen LogP contribution in [-0.2, 0) is 0 Å². The third-order valence-electron chi connectivity index (χ3n) is 4.10. The first-order chi connectivity index (χ1) is 18.6. The number of carbonyl (C=O) groups excluding carboxylic acids is 7. The number of hydrogen-bond acceptors (Lipinski definition) is 13. The fraction of sp³-hybridized carbons (Fsp3) is 0. The van der Waals surface area contributed by atoms with Crippen LogP contribution in [0.3, 0.4) is 0 Å². The molecular weight excluding hydrogens is 954 g/mol. The molecule has 3 aromatic rings. The van der Waals surface area contributed by atoms with Gasteiger partial charge in [0.1, 0.15) is 0 Å². The summed E-state index contributed by atoms with van der Waals surface area (Å²) in [6, 6.07) is 14.6. The standard InChI is InChI=1S/3C8H6O4.CH4N2O.2Bi/c3*9-7(10)5-3-1-2-4-6(5)8(11)12;2-1(3)4;;/h3*1-4H,(H,9,10)(H,11,12);(H4,2,3,4);;/q;;;;2*+3/p-6. The molecule has 3 aromatic carbocycles. The number of carboxylic acids is 6. The van der Waals surface area contributed by atoms with Gasteiger partial charge in [-0.3, -0.25) is 0 Å². The van der Waals surface area contributed by atoms with E-state index in [9.17, 15) is 59.4 Å². The molecule has 0 spiro atoms. The molecule has 0 atom stereocenters. The van der Waals surface area contributed by atoms with Gasteiger partial charge in [0, 0.05) is 33.4 Å². The van der Waals surface area contributed by atoms with Crippen LogP contribution < -0.4 is 42.1 Å². The Morgan fingerprint density at radius 1 is 0.357 bits per heavy atom. The van der Waals surface area contributed by atoms with E-state index in [4.69, 9.17) is 4.79 Å². The summed E-state index contributed by atoms with van der Waals surface area (Å²) in [5, 5.41) is 61.9. The van der Waals surface area contributed by atoms with Crippen molar-refractivity contribution in [2.75, 3.05) is 0 Å².